The normalized spacial score (nSPS) is 24.8. The number of benzene rings is 1. The first-order chi connectivity index (χ1) is 13.2. The van der Waals surface area contributed by atoms with Gasteiger partial charge in [0, 0.05) is 24.4 Å². The van der Waals surface area contributed by atoms with Crippen LogP contribution >= 0.6 is 0 Å². The number of ketones is 2. The quantitative estimate of drug-likeness (QED) is 0.734. The van der Waals surface area contributed by atoms with E-state index in [1.165, 1.54) is 11.7 Å². The molecule has 4 rings (SSSR count). The van der Waals surface area contributed by atoms with Gasteiger partial charge >= 0.3 is 6.18 Å². The fourth-order valence-corrected chi connectivity index (χ4v) is 4.64. The summed E-state index contributed by atoms with van der Waals surface area (Å²) in [6.07, 6.45) is -1.74. The highest BCUT2D eigenvalue weighted by atomic mass is 19.4. The summed E-state index contributed by atoms with van der Waals surface area (Å²) >= 11 is 0. The summed E-state index contributed by atoms with van der Waals surface area (Å²) in [6, 6.07) is 6.24. The predicted octanol–water partition coefficient (Wildman–Crippen LogP) is 4.32. The highest BCUT2D eigenvalue weighted by Gasteiger charge is 2.47. The Balaban J connectivity index is 1.81. The van der Waals surface area contributed by atoms with E-state index in [1.807, 2.05) is 13.0 Å². The molecular formula is C21H21F3N2O2. The second kappa shape index (κ2) is 6.57. The Morgan fingerprint density at radius 2 is 1.75 bits per heavy atom. The molecule has 0 radical (unpaired) electrons. The van der Waals surface area contributed by atoms with Crippen molar-refractivity contribution in [3.63, 3.8) is 0 Å². The number of carbonyl (C=O) groups excluding carboxylic acids is 2. The number of hydrogen-bond acceptors (Lipinski definition) is 3. The molecular weight excluding hydrogens is 369 g/mol. The number of alkyl halides is 3. The van der Waals surface area contributed by atoms with Crippen LogP contribution in [-0.4, -0.2) is 21.3 Å². The molecule has 2 fully saturated rings. The summed E-state index contributed by atoms with van der Waals surface area (Å²) in [5.41, 5.74) is 1.39. The maximum absolute atomic E-state index is 13.0. The minimum atomic E-state index is -4.53. The van der Waals surface area contributed by atoms with E-state index in [4.69, 9.17) is 0 Å². The maximum Gasteiger partial charge on any atom is 0.435 e. The molecule has 1 aromatic carbocycles. The van der Waals surface area contributed by atoms with Crippen LogP contribution in [0.25, 0.3) is 11.3 Å². The van der Waals surface area contributed by atoms with Crippen LogP contribution in [0.4, 0.5) is 13.2 Å². The van der Waals surface area contributed by atoms with Crippen molar-refractivity contribution in [3.05, 3.63) is 41.1 Å². The smallest absolute Gasteiger partial charge is 0.298 e. The first-order valence-electron chi connectivity index (χ1n) is 9.52. The Hall–Kier alpha value is -2.44. The predicted molar refractivity (Wildman–Crippen MR) is 96.6 cm³/mol. The van der Waals surface area contributed by atoms with Crippen molar-refractivity contribution in [1.29, 1.82) is 0 Å². The van der Waals surface area contributed by atoms with Gasteiger partial charge in [0.25, 0.3) is 0 Å². The van der Waals surface area contributed by atoms with E-state index >= 15 is 0 Å². The van der Waals surface area contributed by atoms with Crippen molar-refractivity contribution in [2.45, 2.75) is 44.7 Å². The molecule has 0 amide bonds. The molecule has 1 aromatic heterocycles. The lowest BCUT2D eigenvalue weighted by Gasteiger charge is -2.27. The van der Waals surface area contributed by atoms with Crippen LogP contribution in [0.1, 0.15) is 48.9 Å². The van der Waals surface area contributed by atoms with Crippen LogP contribution in [0.2, 0.25) is 0 Å². The Bertz CT molecular complexity index is 939. The number of aromatic nitrogens is 2. The molecule has 148 valence electrons. The number of nitrogens with zero attached hydrogens (tertiary/aromatic N) is 2. The molecule has 2 aromatic rings. The lowest BCUT2D eigenvalue weighted by atomic mass is 9.73. The summed E-state index contributed by atoms with van der Waals surface area (Å²) in [7, 11) is 1.45. The minimum Gasteiger partial charge on any atom is -0.298 e. The molecule has 0 saturated heterocycles. The number of halogens is 3. The van der Waals surface area contributed by atoms with Gasteiger partial charge in [-0.1, -0.05) is 19.1 Å². The number of carbonyl (C=O) groups is 2. The molecule has 7 heteroatoms. The van der Waals surface area contributed by atoms with Crippen LogP contribution in [0.15, 0.2) is 24.3 Å². The highest BCUT2D eigenvalue weighted by molar-refractivity contribution is 6.12. The van der Waals surface area contributed by atoms with E-state index in [0.29, 0.717) is 29.7 Å². The van der Waals surface area contributed by atoms with Gasteiger partial charge in [-0.15, -0.1) is 0 Å². The number of rotatable bonds is 3. The van der Waals surface area contributed by atoms with E-state index in [-0.39, 0.29) is 23.4 Å². The third kappa shape index (κ3) is 2.97. The molecule has 2 aliphatic rings. The molecule has 0 spiro atoms. The average Bonchev–Trinajstić information content (AvgIpc) is 3.25. The van der Waals surface area contributed by atoms with E-state index < -0.39 is 17.8 Å². The highest BCUT2D eigenvalue weighted by Crippen LogP contribution is 2.45. The molecule has 1 unspecified atom stereocenters. The van der Waals surface area contributed by atoms with E-state index in [9.17, 15) is 22.8 Å². The average molecular weight is 390 g/mol. The van der Waals surface area contributed by atoms with Crippen LogP contribution in [0.5, 0.6) is 0 Å². The zero-order valence-electron chi connectivity index (χ0n) is 15.7. The monoisotopic (exact) mass is 390 g/mol. The van der Waals surface area contributed by atoms with E-state index in [0.717, 1.165) is 24.5 Å². The van der Waals surface area contributed by atoms with Gasteiger partial charge in [-0.05, 0) is 48.9 Å². The third-order valence-corrected chi connectivity index (χ3v) is 6.11. The van der Waals surface area contributed by atoms with Crippen molar-refractivity contribution in [1.82, 2.24) is 9.78 Å². The topological polar surface area (TPSA) is 52.0 Å². The molecule has 28 heavy (non-hydrogen) atoms. The Kier molecular flexibility index (Phi) is 4.43. The van der Waals surface area contributed by atoms with Crippen LogP contribution in [0.3, 0.4) is 0 Å². The van der Waals surface area contributed by atoms with Crippen molar-refractivity contribution in [2.24, 2.45) is 18.9 Å². The van der Waals surface area contributed by atoms with Gasteiger partial charge in [-0.3, -0.25) is 14.3 Å². The second-order valence-corrected chi connectivity index (χ2v) is 7.75. The fraction of sp³-hybridized carbons (Fsp3) is 0.476. The number of hydrogen-bond donors (Lipinski definition) is 0. The fourth-order valence-electron chi connectivity index (χ4n) is 4.64. The lowest BCUT2D eigenvalue weighted by molar-refractivity contribution is -0.141. The molecule has 2 saturated carbocycles. The molecule has 2 bridgehead atoms. The Labute approximate surface area is 160 Å². The van der Waals surface area contributed by atoms with Crippen LogP contribution < -0.4 is 0 Å². The van der Waals surface area contributed by atoms with Gasteiger partial charge in [0.2, 0.25) is 0 Å². The number of Topliss-reactive ketones (excluding diaryl/α,β-unsaturated/α-hetero) is 2. The zero-order chi connectivity index (χ0) is 20.2. The molecule has 2 aliphatic carbocycles. The maximum atomic E-state index is 13.0. The lowest BCUT2D eigenvalue weighted by Crippen LogP contribution is -2.35. The van der Waals surface area contributed by atoms with E-state index in [2.05, 4.69) is 5.10 Å². The van der Waals surface area contributed by atoms with E-state index in [1.54, 1.807) is 12.1 Å². The van der Waals surface area contributed by atoms with Gasteiger partial charge in [-0.25, -0.2) is 0 Å². The number of fused-ring (bicyclic) bond motifs is 2. The molecule has 1 heterocycles. The standard InChI is InChI=1S/C21H21F3N2O2/c1-3-11-4-5-12(16-10-17(21(22,23)24)25-26(16)2)9-15(11)18-19(27)13-6-7-14(8-13)20(18)28/h4-5,9-10,13-14,18H,3,6-8H2,1-2H3/t13-,14+,18?. The van der Waals surface area contributed by atoms with Crippen molar-refractivity contribution < 1.29 is 22.8 Å². The molecule has 0 aliphatic heterocycles. The molecule has 0 N–H and O–H groups in total. The molecule has 4 nitrogen and oxygen atoms in total. The van der Waals surface area contributed by atoms with Gasteiger partial charge in [0.1, 0.15) is 5.92 Å². The summed E-state index contributed by atoms with van der Waals surface area (Å²) < 4.78 is 40.2. The Morgan fingerprint density at radius 1 is 1.11 bits per heavy atom. The Morgan fingerprint density at radius 3 is 2.29 bits per heavy atom. The summed E-state index contributed by atoms with van der Waals surface area (Å²) in [5.74, 6) is -1.01. The zero-order valence-corrected chi connectivity index (χ0v) is 15.7. The van der Waals surface area contributed by atoms with Crippen LogP contribution in [0, 0.1) is 11.8 Å². The number of aryl methyl sites for hydroxylation is 2. The molecule has 3 atom stereocenters. The van der Waals surface area contributed by atoms with Crippen LogP contribution in [-0.2, 0) is 29.2 Å². The van der Waals surface area contributed by atoms with Gasteiger partial charge < -0.3 is 0 Å². The first kappa shape index (κ1) is 18.9. The van der Waals surface area contributed by atoms with Gasteiger partial charge in [0.15, 0.2) is 17.3 Å². The minimum absolute atomic E-state index is 0.0356. The first-order valence-corrected chi connectivity index (χ1v) is 9.52. The third-order valence-electron chi connectivity index (χ3n) is 6.11. The second-order valence-electron chi connectivity index (χ2n) is 7.75. The largest absolute Gasteiger partial charge is 0.435 e. The van der Waals surface area contributed by atoms with Gasteiger partial charge in [-0.2, -0.15) is 18.3 Å². The van der Waals surface area contributed by atoms with Crippen molar-refractivity contribution in [3.8, 4) is 11.3 Å². The SMILES string of the molecule is CCc1ccc(-c2cc(C(F)(F)F)nn2C)cc1C1C(=O)[C@@H]2CC[C@@H](C2)C1=O. The summed E-state index contributed by atoms with van der Waals surface area (Å²) in [6.45, 7) is 1.94. The van der Waals surface area contributed by atoms with Crippen molar-refractivity contribution in [2.75, 3.05) is 0 Å². The van der Waals surface area contributed by atoms with Crippen molar-refractivity contribution >= 4 is 11.6 Å². The van der Waals surface area contributed by atoms with Gasteiger partial charge in [0.05, 0.1) is 5.69 Å². The summed E-state index contributed by atoms with van der Waals surface area (Å²) in [4.78, 5) is 25.9. The summed E-state index contributed by atoms with van der Waals surface area (Å²) in [5, 5.41) is 3.56.